The fourth-order valence-electron chi connectivity index (χ4n) is 2.37. The van der Waals surface area contributed by atoms with Crippen LogP contribution >= 0.6 is 11.6 Å². The smallest absolute Gasteiger partial charge is 0.335 e. The lowest BCUT2D eigenvalue weighted by atomic mass is 10.1. The maximum Gasteiger partial charge on any atom is 0.416 e. The largest absolute Gasteiger partial charge is 0.416 e. The van der Waals surface area contributed by atoms with Crippen LogP contribution in [0.5, 0.6) is 0 Å². The lowest BCUT2D eigenvalue weighted by Crippen LogP contribution is -2.45. The van der Waals surface area contributed by atoms with Crippen LogP contribution in [0.3, 0.4) is 0 Å². The van der Waals surface area contributed by atoms with Crippen LogP contribution in [0.2, 0.25) is 5.02 Å². The Hall–Kier alpha value is -2.02. The van der Waals surface area contributed by atoms with Crippen LogP contribution in [0.15, 0.2) is 35.5 Å². The Labute approximate surface area is 142 Å². The zero-order valence-corrected chi connectivity index (χ0v) is 13.3. The maximum atomic E-state index is 12.9. The highest BCUT2D eigenvalue weighted by molar-refractivity contribution is 6.31. The van der Waals surface area contributed by atoms with Crippen molar-refractivity contribution < 1.29 is 18.0 Å². The molecule has 1 unspecified atom stereocenters. The van der Waals surface area contributed by atoms with Gasteiger partial charge in [-0.25, -0.2) is 4.99 Å². The van der Waals surface area contributed by atoms with E-state index in [9.17, 15) is 18.0 Å². The lowest BCUT2D eigenvalue weighted by Gasteiger charge is -2.30. The molecule has 1 aromatic rings. The molecule has 0 aromatic heterocycles. The molecule has 1 aliphatic heterocycles. The van der Waals surface area contributed by atoms with E-state index >= 15 is 0 Å². The Bertz CT molecular complexity index is 698. The van der Waals surface area contributed by atoms with E-state index in [1.807, 2.05) is 0 Å². The normalized spacial score (nSPS) is 20.3. The van der Waals surface area contributed by atoms with Crippen LogP contribution in [-0.2, 0) is 17.5 Å². The van der Waals surface area contributed by atoms with Crippen molar-refractivity contribution in [1.82, 2.24) is 10.2 Å². The summed E-state index contributed by atoms with van der Waals surface area (Å²) in [4.78, 5) is 17.7. The molecule has 0 spiro atoms. The molecule has 1 amide bonds. The molecule has 128 valence electrons. The molecule has 1 atom stereocenters. The van der Waals surface area contributed by atoms with E-state index in [1.165, 1.54) is 6.07 Å². The van der Waals surface area contributed by atoms with Crippen molar-refractivity contribution in [3.8, 4) is 0 Å². The molecule has 0 saturated heterocycles. The van der Waals surface area contributed by atoms with Crippen LogP contribution in [0.4, 0.5) is 13.2 Å². The topological polar surface area (TPSA) is 44.7 Å². The number of rotatable bonds is 4. The third-order valence-electron chi connectivity index (χ3n) is 3.85. The van der Waals surface area contributed by atoms with Gasteiger partial charge in [-0.3, -0.25) is 4.79 Å². The first-order chi connectivity index (χ1) is 11.3. The van der Waals surface area contributed by atoms with Crippen LogP contribution in [0.1, 0.15) is 24.0 Å². The van der Waals surface area contributed by atoms with E-state index in [4.69, 9.17) is 11.6 Å². The van der Waals surface area contributed by atoms with Crippen molar-refractivity contribution in [2.75, 3.05) is 0 Å². The summed E-state index contributed by atoms with van der Waals surface area (Å²) in [5.74, 6) is -0.0716. The second-order valence-corrected chi connectivity index (χ2v) is 6.18. The standard InChI is InChI=1S/C16H15ClF3N3O/c17-13-5-4-12(16(18,19)20)8-11(13)9-23-7-1-6-21-15(23)22-14(24)10-2-3-10/h1,4-8,10,15H,2-3,9H2,(H,22,24). The molecule has 0 radical (unpaired) electrons. The number of carbonyl (C=O) groups is 1. The Morgan fingerprint density at radius 1 is 1.38 bits per heavy atom. The summed E-state index contributed by atoms with van der Waals surface area (Å²) in [6.07, 6.45) is 1.50. The van der Waals surface area contributed by atoms with Crippen molar-refractivity contribution in [1.29, 1.82) is 0 Å². The molecule has 1 aromatic carbocycles. The summed E-state index contributed by atoms with van der Waals surface area (Å²) >= 11 is 6.04. The second kappa shape index (κ2) is 6.47. The number of aliphatic imine (C=N–C) groups is 1. The molecule has 1 aliphatic carbocycles. The average Bonchev–Trinajstić information content (AvgIpc) is 3.35. The van der Waals surface area contributed by atoms with Crippen molar-refractivity contribution >= 4 is 23.7 Å². The lowest BCUT2D eigenvalue weighted by molar-refractivity contribution is -0.137. The fourth-order valence-corrected chi connectivity index (χ4v) is 2.54. The molecule has 3 rings (SSSR count). The van der Waals surface area contributed by atoms with Gasteiger partial charge in [0, 0.05) is 29.9 Å². The Morgan fingerprint density at radius 2 is 2.12 bits per heavy atom. The van der Waals surface area contributed by atoms with Gasteiger partial charge in [-0.05, 0) is 42.7 Å². The van der Waals surface area contributed by atoms with E-state index < -0.39 is 18.0 Å². The summed E-state index contributed by atoms with van der Waals surface area (Å²) in [5, 5.41) is 3.02. The van der Waals surface area contributed by atoms with Crippen molar-refractivity contribution in [3.63, 3.8) is 0 Å². The first-order valence-electron chi connectivity index (χ1n) is 7.46. The van der Waals surface area contributed by atoms with Gasteiger partial charge in [-0.2, -0.15) is 13.2 Å². The highest BCUT2D eigenvalue weighted by atomic mass is 35.5. The Kier molecular flexibility index (Phi) is 4.54. The van der Waals surface area contributed by atoms with E-state index in [-0.39, 0.29) is 23.4 Å². The highest BCUT2D eigenvalue weighted by Gasteiger charge is 2.33. The molecular weight excluding hydrogens is 343 g/mol. The van der Waals surface area contributed by atoms with E-state index in [2.05, 4.69) is 10.3 Å². The summed E-state index contributed by atoms with van der Waals surface area (Å²) in [6, 6.07) is 3.20. The first kappa shape index (κ1) is 16.8. The molecular formula is C16H15ClF3N3O. The van der Waals surface area contributed by atoms with Crippen LogP contribution in [0.25, 0.3) is 0 Å². The van der Waals surface area contributed by atoms with Gasteiger partial charge >= 0.3 is 6.18 Å². The van der Waals surface area contributed by atoms with E-state index in [1.54, 1.807) is 23.4 Å². The van der Waals surface area contributed by atoms with E-state index in [0.717, 1.165) is 25.0 Å². The zero-order chi connectivity index (χ0) is 17.3. The Morgan fingerprint density at radius 3 is 2.79 bits per heavy atom. The number of benzene rings is 1. The van der Waals surface area contributed by atoms with Crippen molar-refractivity contribution in [2.24, 2.45) is 10.9 Å². The molecule has 4 nitrogen and oxygen atoms in total. The monoisotopic (exact) mass is 357 g/mol. The quantitative estimate of drug-likeness (QED) is 0.895. The zero-order valence-electron chi connectivity index (χ0n) is 12.6. The molecule has 2 aliphatic rings. The minimum Gasteiger partial charge on any atom is -0.335 e. The molecule has 0 bridgehead atoms. The second-order valence-electron chi connectivity index (χ2n) is 5.77. The van der Waals surface area contributed by atoms with Gasteiger partial charge < -0.3 is 10.2 Å². The van der Waals surface area contributed by atoms with Gasteiger partial charge in [-0.1, -0.05) is 11.6 Å². The summed E-state index contributed by atoms with van der Waals surface area (Å²) < 4.78 is 38.6. The number of alkyl halides is 3. The number of nitrogens with one attached hydrogen (secondary N) is 1. The van der Waals surface area contributed by atoms with Crippen LogP contribution in [-0.4, -0.2) is 23.3 Å². The number of amides is 1. The van der Waals surface area contributed by atoms with Crippen molar-refractivity contribution in [2.45, 2.75) is 31.9 Å². The highest BCUT2D eigenvalue weighted by Crippen LogP contribution is 2.33. The van der Waals surface area contributed by atoms with Gasteiger partial charge in [0.1, 0.15) is 0 Å². The number of halogens is 4. The molecule has 1 heterocycles. The van der Waals surface area contributed by atoms with Gasteiger partial charge in [-0.15, -0.1) is 0 Å². The number of carbonyl (C=O) groups excluding carboxylic acids is 1. The van der Waals surface area contributed by atoms with Gasteiger partial charge in [0.05, 0.1) is 5.56 Å². The number of allylic oxidation sites excluding steroid dienone is 1. The molecule has 1 fully saturated rings. The third kappa shape index (κ3) is 3.90. The molecule has 8 heteroatoms. The first-order valence-corrected chi connectivity index (χ1v) is 7.84. The predicted molar refractivity (Wildman–Crippen MR) is 84.3 cm³/mol. The molecule has 24 heavy (non-hydrogen) atoms. The minimum atomic E-state index is -4.44. The minimum absolute atomic E-state index is 0.0186. The van der Waals surface area contributed by atoms with Crippen molar-refractivity contribution in [3.05, 3.63) is 46.6 Å². The summed E-state index contributed by atoms with van der Waals surface area (Å²) in [5.41, 5.74) is -0.441. The average molecular weight is 358 g/mol. The van der Waals surface area contributed by atoms with Gasteiger partial charge in [0.2, 0.25) is 5.91 Å². The van der Waals surface area contributed by atoms with Gasteiger partial charge in [0.25, 0.3) is 0 Å². The molecule has 1 saturated carbocycles. The number of nitrogens with zero attached hydrogens (tertiary/aromatic N) is 2. The predicted octanol–water partition coefficient (Wildman–Crippen LogP) is 3.57. The third-order valence-corrected chi connectivity index (χ3v) is 4.22. The SMILES string of the molecule is O=C(NC1N=CC=CN1Cc1cc(C(F)(F)F)ccc1Cl)C1CC1. The van der Waals surface area contributed by atoms with Crippen LogP contribution < -0.4 is 5.32 Å². The maximum absolute atomic E-state index is 12.9. The fraction of sp³-hybridized carbons (Fsp3) is 0.375. The van der Waals surface area contributed by atoms with Crippen LogP contribution in [0, 0.1) is 5.92 Å². The van der Waals surface area contributed by atoms with E-state index in [0.29, 0.717) is 5.56 Å². The molecule has 1 N–H and O–H groups in total. The number of hydrogen-bond acceptors (Lipinski definition) is 3. The Balaban J connectivity index is 1.76. The van der Waals surface area contributed by atoms with Gasteiger partial charge in [0.15, 0.2) is 6.29 Å². The number of hydrogen-bond donors (Lipinski definition) is 1. The summed E-state index contributed by atoms with van der Waals surface area (Å²) in [7, 11) is 0. The summed E-state index contributed by atoms with van der Waals surface area (Å²) in [6.45, 7) is 0.103.